The van der Waals surface area contributed by atoms with Crippen molar-refractivity contribution in [1.82, 2.24) is 20.2 Å². The number of nitrogens with zero attached hydrogens (tertiary/aromatic N) is 5. The first-order valence-electron chi connectivity index (χ1n) is 11.0. The number of carbonyl (C=O) groups is 4. The number of aromatic nitrogens is 3. The maximum Gasteiger partial charge on any atom is 0.359 e. The van der Waals surface area contributed by atoms with E-state index in [1.54, 1.807) is 19.2 Å². The molecule has 5 N–H and O–H groups in total. The van der Waals surface area contributed by atoms with Crippen molar-refractivity contribution in [2.75, 3.05) is 23.8 Å². The molecule has 4 rings (SSSR count). The number of thioether (sulfide) groups is 2. The number of anilines is 1. The maximum atomic E-state index is 13.0. The quantitative estimate of drug-likeness (QED) is 0.0680. The molecule has 2 aliphatic rings. The number of amides is 2. The minimum Gasteiger partial charge on any atom is -0.478 e. The minimum absolute atomic E-state index is 0.150. The van der Waals surface area contributed by atoms with Gasteiger partial charge in [-0.05, 0) is 29.2 Å². The number of carbonyl (C=O) groups excluding carboxylic acids is 2. The van der Waals surface area contributed by atoms with Crippen LogP contribution in [0, 0.1) is 0 Å². The third-order valence-electron chi connectivity index (χ3n) is 5.26. The molecular weight excluding hydrogens is 558 g/mol. The fourth-order valence-electron chi connectivity index (χ4n) is 3.66. The molecule has 0 bridgehead atoms. The zero-order valence-corrected chi connectivity index (χ0v) is 22.2. The topological polar surface area (TPSA) is 201 Å². The molecule has 2 aliphatic heterocycles. The van der Waals surface area contributed by atoms with E-state index in [0.29, 0.717) is 10.7 Å². The average molecular weight is 581 g/mol. The third kappa shape index (κ3) is 5.73. The lowest BCUT2D eigenvalue weighted by Gasteiger charge is -2.49. The van der Waals surface area contributed by atoms with Gasteiger partial charge in [0.2, 0.25) is 0 Å². The Kier molecular flexibility index (Phi) is 8.48. The molecule has 0 aliphatic carbocycles. The number of nitrogens with one attached hydrogen (secondary N) is 1. The van der Waals surface area contributed by atoms with E-state index in [1.165, 1.54) is 39.7 Å². The molecule has 2 aromatic rings. The maximum absolute atomic E-state index is 13.0. The van der Waals surface area contributed by atoms with E-state index < -0.39 is 35.2 Å². The van der Waals surface area contributed by atoms with Crippen LogP contribution in [-0.2, 0) is 30.6 Å². The molecule has 17 heteroatoms. The summed E-state index contributed by atoms with van der Waals surface area (Å²) in [5.41, 5.74) is 6.02. The van der Waals surface area contributed by atoms with Gasteiger partial charge in [0.15, 0.2) is 17.4 Å². The van der Waals surface area contributed by atoms with Crippen molar-refractivity contribution in [3.8, 4) is 0 Å². The fourth-order valence-corrected chi connectivity index (χ4v) is 6.65. The van der Waals surface area contributed by atoms with Crippen LogP contribution >= 0.6 is 34.9 Å². The summed E-state index contributed by atoms with van der Waals surface area (Å²) >= 11 is 3.59. The molecule has 2 amide bonds. The van der Waals surface area contributed by atoms with Gasteiger partial charge >= 0.3 is 17.1 Å². The van der Waals surface area contributed by atoms with Gasteiger partial charge in [-0.15, -0.1) is 23.1 Å². The van der Waals surface area contributed by atoms with Gasteiger partial charge in [0.1, 0.15) is 35.6 Å². The predicted molar refractivity (Wildman–Crippen MR) is 137 cm³/mol. The van der Waals surface area contributed by atoms with Gasteiger partial charge in [-0.1, -0.05) is 5.16 Å². The van der Waals surface area contributed by atoms with Crippen molar-refractivity contribution in [3.63, 3.8) is 0 Å². The minimum atomic E-state index is -1.28. The average Bonchev–Trinajstić information content (AvgIpc) is 3.31. The molecule has 0 aromatic carbocycles. The molecule has 2 atom stereocenters. The highest BCUT2D eigenvalue weighted by Gasteiger charge is 2.54. The normalized spacial score (nSPS) is 19.0. The number of thiazole rings is 1. The van der Waals surface area contributed by atoms with Crippen molar-refractivity contribution >= 4 is 69.5 Å². The first-order chi connectivity index (χ1) is 18.2. The molecule has 1 fully saturated rings. The third-order valence-corrected chi connectivity index (χ3v) is 8.37. The molecular formula is C21H22N7O7S3+. The first kappa shape index (κ1) is 27.3. The van der Waals surface area contributed by atoms with E-state index in [1.807, 2.05) is 0 Å². The lowest BCUT2D eigenvalue weighted by molar-refractivity contribution is -0.726. The van der Waals surface area contributed by atoms with Gasteiger partial charge in [0, 0.05) is 23.0 Å². The van der Waals surface area contributed by atoms with Gasteiger partial charge < -0.3 is 26.1 Å². The van der Waals surface area contributed by atoms with E-state index in [9.17, 15) is 24.3 Å². The van der Waals surface area contributed by atoms with Crippen molar-refractivity contribution in [2.45, 2.75) is 30.0 Å². The van der Waals surface area contributed by atoms with Gasteiger partial charge in [0.05, 0.1) is 6.20 Å². The molecule has 200 valence electrons. The molecule has 0 spiro atoms. The number of carboxylic acid groups (broad SMARTS) is 2. The van der Waals surface area contributed by atoms with Crippen molar-refractivity contribution in [2.24, 2.45) is 5.16 Å². The molecule has 0 saturated carbocycles. The van der Waals surface area contributed by atoms with Crippen LogP contribution in [0.1, 0.15) is 12.6 Å². The largest absolute Gasteiger partial charge is 0.478 e. The van der Waals surface area contributed by atoms with Crippen LogP contribution < -0.4 is 15.6 Å². The number of hydrogen-bond acceptors (Lipinski definition) is 12. The molecule has 14 nitrogen and oxygen atoms in total. The lowest BCUT2D eigenvalue weighted by Crippen LogP contribution is -2.71. The van der Waals surface area contributed by atoms with Crippen LogP contribution in [0.15, 0.2) is 45.4 Å². The summed E-state index contributed by atoms with van der Waals surface area (Å²) in [5.74, 6) is -3.15. The fraction of sp³-hybridized carbons (Fsp3) is 0.333. The number of fused-ring (bicyclic) bond motifs is 1. The van der Waals surface area contributed by atoms with Crippen LogP contribution in [0.5, 0.6) is 0 Å². The summed E-state index contributed by atoms with van der Waals surface area (Å²) in [6.45, 7) is 1.59. The Hall–Kier alpha value is -3.70. The number of rotatable bonds is 11. The number of carboxylic acids is 2. The van der Waals surface area contributed by atoms with Gasteiger partial charge in [-0.25, -0.2) is 19.1 Å². The Bertz CT molecular complexity index is 1350. The Morgan fingerprint density at radius 2 is 2.18 bits per heavy atom. The van der Waals surface area contributed by atoms with E-state index in [-0.39, 0.29) is 46.9 Å². The molecule has 2 aromatic heterocycles. The second-order valence-electron chi connectivity index (χ2n) is 7.76. The molecule has 0 radical (unpaired) electrons. The smallest absolute Gasteiger partial charge is 0.359 e. The number of oxime groups is 1. The van der Waals surface area contributed by atoms with Gasteiger partial charge in [-0.2, -0.15) is 0 Å². The highest BCUT2D eigenvalue weighted by atomic mass is 32.2. The standard InChI is InChI=1S/C21H21N7O7S3/c1-2-35-26-13(11-9-37-20(22)24-11)16(31)25-14-17(32)28-15(19(33)34)10(7-36-18(14)28)8-38-21-23-4-3-5-27(21)6-12(29)30/h3-5,9,14,18H,2,6-8H2,1H3,(H4-,22,24,25,29,30,31,33,34)/p+1/b26-13-/t14-,18-/m1/s1. The zero-order valence-electron chi connectivity index (χ0n) is 19.8. The van der Waals surface area contributed by atoms with Crippen LogP contribution in [0.2, 0.25) is 0 Å². The second-order valence-corrected chi connectivity index (χ2v) is 10.7. The molecule has 4 heterocycles. The highest BCUT2D eigenvalue weighted by Crippen LogP contribution is 2.41. The molecule has 38 heavy (non-hydrogen) atoms. The monoisotopic (exact) mass is 580 g/mol. The first-order valence-corrected chi connectivity index (χ1v) is 13.9. The Morgan fingerprint density at radius 1 is 1.39 bits per heavy atom. The van der Waals surface area contributed by atoms with Gasteiger partial charge in [0.25, 0.3) is 11.8 Å². The Morgan fingerprint density at radius 3 is 2.84 bits per heavy atom. The van der Waals surface area contributed by atoms with Crippen LogP contribution in [-0.4, -0.2) is 84.1 Å². The Balaban J connectivity index is 1.49. The lowest BCUT2D eigenvalue weighted by atomic mass is 10.0. The predicted octanol–water partition coefficient (Wildman–Crippen LogP) is -0.236. The number of nitrogen functional groups attached to an aromatic ring is 1. The van der Waals surface area contributed by atoms with Crippen molar-refractivity contribution < 1.29 is 38.8 Å². The van der Waals surface area contributed by atoms with Crippen molar-refractivity contribution in [3.05, 3.63) is 40.8 Å². The summed E-state index contributed by atoms with van der Waals surface area (Å²) in [6.07, 6.45) is 3.07. The summed E-state index contributed by atoms with van der Waals surface area (Å²) in [5, 5.41) is 27.0. The summed E-state index contributed by atoms with van der Waals surface area (Å²) in [4.78, 5) is 63.7. The van der Waals surface area contributed by atoms with E-state index in [2.05, 4.69) is 20.4 Å². The number of β-lactam (4-membered cyclic amide) rings is 1. The molecule has 0 unspecified atom stereocenters. The van der Waals surface area contributed by atoms with E-state index in [4.69, 9.17) is 15.7 Å². The number of aliphatic carboxylic acids is 2. The molecule has 1 saturated heterocycles. The zero-order chi connectivity index (χ0) is 27.4. The summed E-state index contributed by atoms with van der Waals surface area (Å²) in [6, 6.07) is 0.615. The summed E-state index contributed by atoms with van der Waals surface area (Å²) < 4.78 is 1.43. The van der Waals surface area contributed by atoms with Gasteiger partial charge in [-0.3, -0.25) is 14.5 Å². The van der Waals surface area contributed by atoms with Crippen LogP contribution in [0.3, 0.4) is 0 Å². The SMILES string of the molecule is CCO/N=C(\C(=O)N[C@@H]1C(=O)N2C(C(=O)O)=C(CSc3nccc[n+]3CC(=O)O)CS[C@H]12)c1csc(N)n1. The number of hydrogen-bond donors (Lipinski definition) is 4. The number of nitrogens with two attached hydrogens (primary N) is 1. The van der Waals surface area contributed by atoms with E-state index >= 15 is 0 Å². The van der Waals surface area contributed by atoms with Crippen molar-refractivity contribution in [1.29, 1.82) is 0 Å². The van der Waals surface area contributed by atoms with Crippen LogP contribution in [0.4, 0.5) is 5.13 Å². The highest BCUT2D eigenvalue weighted by molar-refractivity contribution is 8.01. The Labute approximate surface area is 227 Å². The second kappa shape index (κ2) is 11.8. The van der Waals surface area contributed by atoms with E-state index in [0.717, 1.165) is 16.2 Å². The van der Waals surface area contributed by atoms with Crippen LogP contribution in [0.25, 0.3) is 0 Å². The summed E-state index contributed by atoms with van der Waals surface area (Å²) in [7, 11) is 0.